The minimum Gasteiger partial charge on any atom is -0.366 e. The van der Waals surface area contributed by atoms with E-state index >= 15 is 0 Å². The zero-order valence-corrected chi connectivity index (χ0v) is 14.4. The van der Waals surface area contributed by atoms with E-state index in [0.717, 1.165) is 48.2 Å². The highest BCUT2D eigenvalue weighted by molar-refractivity contribution is 6.02. The summed E-state index contributed by atoms with van der Waals surface area (Å²) in [6.07, 6.45) is 4.32. The van der Waals surface area contributed by atoms with Crippen LogP contribution in [0.15, 0.2) is 24.3 Å². The fourth-order valence-electron chi connectivity index (χ4n) is 3.90. The van der Waals surface area contributed by atoms with E-state index in [9.17, 15) is 9.59 Å². The Labute approximate surface area is 146 Å². The monoisotopic (exact) mass is 338 g/mol. The van der Waals surface area contributed by atoms with Gasteiger partial charge in [0.05, 0.1) is 16.7 Å². The van der Waals surface area contributed by atoms with Crippen molar-refractivity contribution < 1.29 is 9.59 Å². The third-order valence-corrected chi connectivity index (χ3v) is 5.24. The van der Waals surface area contributed by atoms with Gasteiger partial charge in [-0.2, -0.15) is 0 Å². The predicted molar refractivity (Wildman–Crippen MR) is 95.0 cm³/mol. The smallest absolute Gasteiger partial charge is 0.229 e. The Morgan fingerprint density at radius 2 is 1.56 bits per heavy atom. The summed E-state index contributed by atoms with van der Waals surface area (Å²) in [5, 5.41) is 3.51. The minimum absolute atomic E-state index is 0.00218. The number of benzene rings is 1. The summed E-state index contributed by atoms with van der Waals surface area (Å²) in [5.41, 5.74) is 2.68. The van der Waals surface area contributed by atoms with E-state index in [0.29, 0.717) is 18.9 Å². The van der Waals surface area contributed by atoms with Crippen molar-refractivity contribution in [1.29, 1.82) is 0 Å². The molecule has 0 atom stereocenters. The Hall–Kier alpha value is -2.50. The molecule has 1 aromatic carbocycles. The normalized spacial score (nSPS) is 24.1. The summed E-state index contributed by atoms with van der Waals surface area (Å²) in [6.45, 7) is 1.97. The van der Waals surface area contributed by atoms with Crippen molar-refractivity contribution in [2.45, 2.75) is 57.5 Å². The molecule has 4 rings (SSSR count). The Morgan fingerprint density at radius 3 is 2.20 bits per heavy atom. The van der Waals surface area contributed by atoms with Gasteiger partial charge in [0.15, 0.2) is 0 Å². The molecule has 2 aromatic rings. The lowest BCUT2D eigenvalue weighted by molar-refractivity contribution is -0.141. The number of amides is 2. The van der Waals surface area contributed by atoms with E-state index in [4.69, 9.17) is 4.98 Å². The molecule has 0 bridgehead atoms. The number of anilines is 1. The molecule has 1 aliphatic carbocycles. The van der Waals surface area contributed by atoms with Crippen molar-refractivity contribution in [2.75, 3.05) is 5.32 Å². The zero-order valence-electron chi connectivity index (χ0n) is 14.4. The van der Waals surface area contributed by atoms with Crippen LogP contribution in [0, 0.1) is 6.92 Å². The standard InChI is InChI=1S/C19H22N4O2/c1-12-19(22-16-5-3-2-4-15(16)20-12)21-13-6-8-14(9-7-13)23-17(24)10-11-18(23)25/h2-5,13-14H,6-11H2,1H3,(H,21,22). The van der Waals surface area contributed by atoms with Gasteiger partial charge in [0, 0.05) is 24.9 Å². The minimum atomic E-state index is -0.00218. The largest absolute Gasteiger partial charge is 0.366 e. The fourth-order valence-corrected chi connectivity index (χ4v) is 3.90. The number of aryl methyl sites for hydroxylation is 1. The van der Waals surface area contributed by atoms with E-state index in [2.05, 4.69) is 10.3 Å². The van der Waals surface area contributed by atoms with Gasteiger partial charge in [0.2, 0.25) is 11.8 Å². The molecule has 2 aliphatic rings. The van der Waals surface area contributed by atoms with Gasteiger partial charge in [0.1, 0.15) is 5.82 Å². The first-order valence-corrected chi connectivity index (χ1v) is 8.96. The molecule has 0 radical (unpaired) electrons. The van der Waals surface area contributed by atoms with Crippen LogP contribution in [0.2, 0.25) is 0 Å². The summed E-state index contributed by atoms with van der Waals surface area (Å²) < 4.78 is 0. The van der Waals surface area contributed by atoms with E-state index in [1.54, 1.807) is 0 Å². The van der Waals surface area contributed by atoms with Crippen molar-refractivity contribution >= 4 is 28.7 Å². The van der Waals surface area contributed by atoms with Crippen LogP contribution in [0.4, 0.5) is 5.82 Å². The van der Waals surface area contributed by atoms with Crippen LogP contribution in [-0.2, 0) is 9.59 Å². The molecule has 25 heavy (non-hydrogen) atoms. The number of carbonyl (C=O) groups excluding carboxylic acids is 2. The van der Waals surface area contributed by atoms with Gasteiger partial charge in [-0.05, 0) is 44.7 Å². The van der Waals surface area contributed by atoms with Gasteiger partial charge in [-0.25, -0.2) is 9.97 Å². The first-order valence-electron chi connectivity index (χ1n) is 8.96. The van der Waals surface area contributed by atoms with Crippen LogP contribution in [0.3, 0.4) is 0 Å². The average molecular weight is 338 g/mol. The molecular formula is C19H22N4O2. The van der Waals surface area contributed by atoms with Gasteiger partial charge in [-0.15, -0.1) is 0 Å². The van der Waals surface area contributed by atoms with Crippen molar-refractivity contribution in [3.05, 3.63) is 30.0 Å². The number of fused-ring (bicyclic) bond motifs is 1. The molecule has 6 nitrogen and oxygen atoms in total. The van der Waals surface area contributed by atoms with Crippen LogP contribution in [0.1, 0.15) is 44.2 Å². The highest BCUT2D eigenvalue weighted by atomic mass is 16.2. The lowest BCUT2D eigenvalue weighted by Crippen LogP contribution is -2.43. The summed E-state index contributed by atoms with van der Waals surface area (Å²) in [5.74, 6) is 0.825. The second kappa shape index (κ2) is 6.43. The molecule has 6 heteroatoms. The number of hydrogen-bond donors (Lipinski definition) is 1. The summed E-state index contributed by atoms with van der Waals surface area (Å²) in [7, 11) is 0. The molecule has 130 valence electrons. The quantitative estimate of drug-likeness (QED) is 0.871. The number of nitrogens with zero attached hydrogens (tertiary/aromatic N) is 3. The van der Waals surface area contributed by atoms with Gasteiger partial charge in [0.25, 0.3) is 0 Å². The molecule has 0 unspecified atom stereocenters. The van der Waals surface area contributed by atoms with Gasteiger partial charge < -0.3 is 5.32 Å². The topological polar surface area (TPSA) is 75.2 Å². The molecule has 0 spiro atoms. The maximum atomic E-state index is 11.9. The lowest BCUT2D eigenvalue weighted by Gasteiger charge is -2.34. The Kier molecular flexibility index (Phi) is 4.11. The second-order valence-electron chi connectivity index (χ2n) is 6.95. The van der Waals surface area contributed by atoms with E-state index in [1.807, 2.05) is 31.2 Å². The second-order valence-corrected chi connectivity index (χ2v) is 6.95. The number of aromatic nitrogens is 2. The number of rotatable bonds is 3. The van der Waals surface area contributed by atoms with Gasteiger partial charge >= 0.3 is 0 Å². The molecule has 1 saturated carbocycles. The predicted octanol–water partition coefficient (Wildman–Crippen LogP) is 2.81. The number of carbonyl (C=O) groups is 2. The molecular weight excluding hydrogens is 316 g/mol. The maximum absolute atomic E-state index is 11.9. The number of likely N-dealkylation sites (tertiary alicyclic amines) is 1. The lowest BCUT2D eigenvalue weighted by atomic mass is 9.90. The van der Waals surface area contributed by atoms with Crippen LogP contribution in [0.25, 0.3) is 11.0 Å². The van der Waals surface area contributed by atoms with Gasteiger partial charge in [-0.3, -0.25) is 14.5 Å². The van der Waals surface area contributed by atoms with Crippen molar-refractivity contribution in [1.82, 2.24) is 14.9 Å². The van der Waals surface area contributed by atoms with Crippen LogP contribution >= 0.6 is 0 Å². The number of hydrogen-bond acceptors (Lipinski definition) is 5. The van der Waals surface area contributed by atoms with Crippen molar-refractivity contribution in [3.8, 4) is 0 Å². The third kappa shape index (κ3) is 3.08. The molecule has 2 amide bonds. The zero-order chi connectivity index (χ0) is 17.4. The third-order valence-electron chi connectivity index (χ3n) is 5.24. The number of nitrogens with one attached hydrogen (secondary N) is 1. The van der Waals surface area contributed by atoms with Crippen LogP contribution in [-0.4, -0.2) is 38.8 Å². The Morgan fingerprint density at radius 1 is 0.960 bits per heavy atom. The number of para-hydroxylation sites is 2. The average Bonchev–Trinajstić information content (AvgIpc) is 2.95. The van der Waals surface area contributed by atoms with Crippen LogP contribution < -0.4 is 5.32 Å². The molecule has 1 aromatic heterocycles. The molecule has 1 N–H and O–H groups in total. The maximum Gasteiger partial charge on any atom is 0.229 e. The summed E-state index contributed by atoms with van der Waals surface area (Å²) >= 11 is 0. The fraction of sp³-hybridized carbons (Fsp3) is 0.474. The molecule has 1 saturated heterocycles. The first kappa shape index (κ1) is 16.0. The molecule has 2 heterocycles. The Bertz CT molecular complexity index is 811. The Balaban J connectivity index is 1.43. The SMILES string of the molecule is Cc1nc2ccccc2nc1NC1CCC(N2C(=O)CCC2=O)CC1. The highest BCUT2D eigenvalue weighted by Crippen LogP contribution is 2.29. The van der Waals surface area contributed by atoms with E-state index in [-0.39, 0.29) is 17.9 Å². The van der Waals surface area contributed by atoms with Crippen molar-refractivity contribution in [2.24, 2.45) is 0 Å². The molecule has 1 aliphatic heterocycles. The highest BCUT2D eigenvalue weighted by Gasteiger charge is 2.36. The van der Waals surface area contributed by atoms with Gasteiger partial charge in [-0.1, -0.05) is 12.1 Å². The summed E-state index contributed by atoms with van der Waals surface area (Å²) in [6, 6.07) is 8.24. The van der Waals surface area contributed by atoms with Crippen molar-refractivity contribution in [3.63, 3.8) is 0 Å². The molecule has 2 fully saturated rings. The summed E-state index contributed by atoms with van der Waals surface area (Å²) in [4.78, 5) is 34.6. The van der Waals surface area contributed by atoms with Crippen LogP contribution in [0.5, 0.6) is 0 Å². The number of imide groups is 1. The first-order chi connectivity index (χ1) is 12.1. The van der Waals surface area contributed by atoms with E-state index < -0.39 is 0 Å². The van der Waals surface area contributed by atoms with E-state index in [1.165, 1.54) is 4.90 Å².